The van der Waals surface area contributed by atoms with E-state index in [0.29, 0.717) is 0 Å². The van der Waals surface area contributed by atoms with Crippen LogP contribution in [0.5, 0.6) is 5.75 Å². The number of amides is 1. The van der Waals surface area contributed by atoms with Gasteiger partial charge in [-0.05, 0) is 11.5 Å². The van der Waals surface area contributed by atoms with E-state index >= 15 is 0 Å². The zero-order valence-electron chi connectivity index (χ0n) is 11.4. The third kappa shape index (κ3) is 2.51. The Morgan fingerprint density at radius 1 is 1.33 bits per heavy atom. The molecule has 1 fully saturated rings. The van der Waals surface area contributed by atoms with Gasteiger partial charge in [0.1, 0.15) is 5.75 Å². The van der Waals surface area contributed by atoms with Crippen LogP contribution in [0.15, 0.2) is 18.2 Å². The maximum Gasteiger partial charge on any atom is 0.307 e. The molecule has 0 aromatic heterocycles. The van der Waals surface area contributed by atoms with Crippen LogP contribution in [0.2, 0.25) is 0 Å². The first-order chi connectivity index (χ1) is 9.66. The molecule has 2 rings (SSSR count). The van der Waals surface area contributed by atoms with E-state index in [-0.39, 0.29) is 11.4 Å². The fourth-order valence-corrected chi connectivity index (χ4v) is 2.54. The maximum atomic E-state index is 12.1. The summed E-state index contributed by atoms with van der Waals surface area (Å²) >= 11 is 0. The molecule has 0 saturated heterocycles. The minimum atomic E-state index is -1.05. The van der Waals surface area contributed by atoms with E-state index in [1.54, 1.807) is 13.8 Å². The number of aliphatic carboxylic acids is 1. The second-order valence-electron chi connectivity index (χ2n) is 5.56. The SMILES string of the molecule is CC1(C)[C@H](C(=O)O)[C@@H]1C(=O)Nc1ccc([N+](=O)[O-])cc1O. The highest BCUT2D eigenvalue weighted by atomic mass is 16.6. The van der Waals surface area contributed by atoms with Crippen molar-refractivity contribution in [1.29, 1.82) is 0 Å². The summed E-state index contributed by atoms with van der Waals surface area (Å²) in [5, 5.41) is 31.6. The lowest BCUT2D eigenvalue weighted by Gasteiger charge is -2.07. The number of benzene rings is 1. The number of phenolic OH excluding ortho intramolecular Hbond substituents is 1. The zero-order valence-corrected chi connectivity index (χ0v) is 11.4. The van der Waals surface area contributed by atoms with Crippen LogP contribution in [0.1, 0.15) is 13.8 Å². The Hall–Kier alpha value is -2.64. The van der Waals surface area contributed by atoms with Crippen LogP contribution in [-0.2, 0) is 9.59 Å². The van der Waals surface area contributed by atoms with Crippen LogP contribution in [0.3, 0.4) is 0 Å². The topological polar surface area (TPSA) is 130 Å². The zero-order chi connectivity index (χ0) is 15.9. The number of nitrogens with zero attached hydrogens (tertiary/aromatic N) is 1. The number of nitro groups is 1. The molecule has 2 atom stereocenters. The number of aromatic hydroxyl groups is 1. The predicted molar refractivity (Wildman–Crippen MR) is 71.8 cm³/mol. The molecule has 1 amide bonds. The summed E-state index contributed by atoms with van der Waals surface area (Å²) in [5.41, 5.74) is -0.954. The molecule has 1 saturated carbocycles. The molecule has 0 aliphatic heterocycles. The summed E-state index contributed by atoms with van der Waals surface area (Å²) in [4.78, 5) is 33.0. The molecule has 112 valence electrons. The van der Waals surface area contributed by atoms with Crippen LogP contribution in [0.4, 0.5) is 11.4 Å². The first-order valence-corrected chi connectivity index (χ1v) is 6.17. The highest BCUT2D eigenvalue weighted by Crippen LogP contribution is 2.58. The Kier molecular flexibility index (Phi) is 3.32. The summed E-state index contributed by atoms with van der Waals surface area (Å²) in [6.45, 7) is 3.34. The van der Waals surface area contributed by atoms with Gasteiger partial charge in [-0.25, -0.2) is 0 Å². The van der Waals surface area contributed by atoms with Gasteiger partial charge in [-0.2, -0.15) is 0 Å². The lowest BCUT2D eigenvalue weighted by Crippen LogP contribution is -2.17. The molecule has 0 bridgehead atoms. The molecule has 1 aliphatic rings. The fourth-order valence-electron chi connectivity index (χ4n) is 2.54. The Labute approximate surface area is 119 Å². The van der Waals surface area contributed by atoms with Crippen LogP contribution >= 0.6 is 0 Å². The summed E-state index contributed by atoms with van der Waals surface area (Å²) in [5.74, 6) is -3.50. The minimum absolute atomic E-state index is 0.0115. The average Bonchev–Trinajstić information content (AvgIpc) is 2.95. The first kappa shape index (κ1) is 14.8. The maximum absolute atomic E-state index is 12.1. The van der Waals surface area contributed by atoms with Gasteiger partial charge >= 0.3 is 5.97 Å². The number of non-ortho nitro benzene ring substituents is 1. The highest BCUT2D eigenvalue weighted by molar-refractivity contribution is 6.00. The summed E-state index contributed by atoms with van der Waals surface area (Å²) in [6.07, 6.45) is 0. The smallest absolute Gasteiger partial charge is 0.307 e. The van der Waals surface area contributed by atoms with Gasteiger partial charge in [0.25, 0.3) is 5.69 Å². The van der Waals surface area contributed by atoms with Crippen molar-refractivity contribution >= 4 is 23.3 Å². The lowest BCUT2D eigenvalue weighted by molar-refractivity contribution is -0.384. The predicted octanol–water partition coefficient (Wildman–Crippen LogP) is 1.60. The van der Waals surface area contributed by atoms with E-state index in [1.807, 2.05) is 0 Å². The molecule has 0 spiro atoms. The molecule has 0 unspecified atom stereocenters. The van der Waals surface area contributed by atoms with Gasteiger partial charge in [0.05, 0.1) is 28.5 Å². The van der Waals surface area contributed by atoms with E-state index < -0.39 is 39.8 Å². The normalized spacial score (nSPS) is 22.4. The van der Waals surface area contributed by atoms with E-state index in [4.69, 9.17) is 5.11 Å². The summed E-state index contributed by atoms with van der Waals surface area (Å²) in [7, 11) is 0. The summed E-state index contributed by atoms with van der Waals surface area (Å²) in [6, 6.07) is 3.26. The Morgan fingerprint density at radius 2 is 1.95 bits per heavy atom. The van der Waals surface area contributed by atoms with Crippen LogP contribution in [0.25, 0.3) is 0 Å². The van der Waals surface area contributed by atoms with Crippen LogP contribution in [0, 0.1) is 27.4 Å². The molecule has 3 N–H and O–H groups in total. The van der Waals surface area contributed by atoms with Gasteiger partial charge in [0.2, 0.25) is 5.91 Å². The largest absolute Gasteiger partial charge is 0.506 e. The molecule has 1 aromatic carbocycles. The quantitative estimate of drug-likeness (QED) is 0.439. The first-order valence-electron chi connectivity index (χ1n) is 6.17. The van der Waals surface area contributed by atoms with Gasteiger partial charge in [0.15, 0.2) is 0 Å². The third-order valence-corrected chi connectivity index (χ3v) is 3.83. The number of nitrogens with one attached hydrogen (secondary N) is 1. The second-order valence-corrected chi connectivity index (χ2v) is 5.56. The van der Waals surface area contributed by atoms with E-state index in [9.17, 15) is 24.8 Å². The number of carboxylic acid groups (broad SMARTS) is 1. The van der Waals surface area contributed by atoms with Crippen molar-refractivity contribution in [2.24, 2.45) is 17.3 Å². The van der Waals surface area contributed by atoms with Crippen LogP contribution < -0.4 is 5.32 Å². The van der Waals surface area contributed by atoms with E-state index in [2.05, 4.69) is 5.32 Å². The van der Waals surface area contributed by atoms with Gasteiger partial charge in [-0.15, -0.1) is 0 Å². The number of rotatable bonds is 4. The van der Waals surface area contributed by atoms with Gasteiger partial charge in [-0.3, -0.25) is 19.7 Å². The van der Waals surface area contributed by atoms with Crippen molar-refractivity contribution < 1.29 is 24.7 Å². The van der Waals surface area contributed by atoms with E-state index in [1.165, 1.54) is 6.07 Å². The number of hydrogen-bond donors (Lipinski definition) is 3. The van der Waals surface area contributed by atoms with Crippen molar-refractivity contribution in [2.75, 3.05) is 5.32 Å². The van der Waals surface area contributed by atoms with Crippen molar-refractivity contribution in [3.8, 4) is 5.75 Å². The van der Waals surface area contributed by atoms with Crippen molar-refractivity contribution in [2.45, 2.75) is 13.8 Å². The number of hydrogen-bond acceptors (Lipinski definition) is 5. The van der Waals surface area contributed by atoms with Crippen molar-refractivity contribution in [3.63, 3.8) is 0 Å². The molecule has 0 radical (unpaired) electrons. The molecular formula is C13H14N2O6. The highest BCUT2D eigenvalue weighted by Gasteiger charge is 2.65. The van der Waals surface area contributed by atoms with Crippen LogP contribution in [-0.4, -0.2) is 27.0 Å². The lowest BCUT2D eigenvalue weighted by atomic mass is 10.1. The average molecular weight is 294 g/mol. The van der Waals surface area contributed by atoms with E-state index in [0.717, 1.165) is 12.1 Å². The van der Waals surface area contributed by atoms with Gasteiger partial charge in [-0.1, -0.05) is 13.8 Å². The summed E-state index contributed by atoms with van der Waals surface area (Å²) < 4.78 is 0. The number of carbonyl (C=O) groups excluding carboxylic acids is 1. The Morgan fingerprint density at radius 3 is 2.38 bits per heavy atom. The standard InChI is InChI=1S/C13H14N2O6/c1-13(2)9(10(13)12(18)19)11(17)14-7-4-3-6(15(20)21)5-8(7)16/h3-5,9-10,16H,1-2H3,(H,14,17)(H,18,19)/t9-,10+/m1/s1. The molecule has 1 aromatic rings. The molecule has 21 heavy (non-hydrogen) atoms. The Balaban J connectivity index is 2.15. The third-order valence-electron chi connectivity index (χ3n) is 3.83. The molecule has 0 heterocycles. The number of carboxylic acids is 1. The van der Waals surface area contributed by atoms with Gasteiger partial charge in [0, 0.05) is 6.07 Å². The fraction of sp³-hybridized carbons (Fsp3) is 0.385. The second kappa shape index (κ2) is 4.72. The monoisotopic (exact) mass is 294 g/mol. The number of phenols is 1. The molecular weight excluding hydrogens is 280 g/mol. The van der Waals surface area contributed by atoms with Crippen molar-refractivity contribution in [1.82, 2.24) is 0 Å². The number of anilines is 1. The number of carbonyl (C=O) groups is 2. The Bertz CT molecular complexity index is 640. The molecule has 8 heteroatoms. The van der Waals surface area contributed by atoms with Gasteiger partial charge < -0.3 is 15.5 Å². The molecule has 8 nitrogen and oxygen atoms in total. The number of nitro benzene ring substituents is 1. The molecule has 1 aliphatic carbocycles. The van der Waals surface area contributed by atoms with Crippen molar-refractivity contribution in [3.05, 3.63) is 28.3 Å². The minimum Gasteiger partial charge on any atom is -0.506 e.